The summed E-state index contributed by atoms with van der Waals surface area (Å²) in [5.74, 6) is -3.02. The molecule has 0 saturated carbocycles. The predicted molar refractivity (Wildman–Crippen MR) is 89.6 cm³/mol. The summed E-state index contributed by atoms with van der Waals surface area (Å²) in [5, 5.41) is 13.6. The smallest absolute Gasteiger partial charge is 0.288 e. The Kier molecular flexibility index (Phi) is 5.90. The van der Waals surface area contributed by atoms with Crippen LogP contribution in [0, 0.1) is 18.3 Å². The molecule has 0 aliphatic carbocycles. The Labute approximate surface area is 140 Å². The molecular weight excluding hydrogens is 338 g/mol. The minimum Gasteiger partial charge on any atom is -0.321 e. The number of carbonyl (C=O) groups excluding carboxylic acids is 1. The standard InChI is InChI=1S/C16H12F2N2OS2/c1-10-6-7-22-14(10)8-11(9-19)15(21)20-12-2-4-13(5-3-12)23-16(17)18/h2-8,16H,1H3,(H,20,21)/b11-8+. The normalized spacial score (nSPS) is 11.3. The maximum atomic E-state index is 12.2. The van der Waals surface area contributed by atoms with Gasteiger partial charge in [0, 0.05) is 15.5 Å². The molecule has 0 aliphatic rings. The molecule has 1 amide bonds. The first-order valence-corrected chi connectivity index (χ1v) is 8.27. The second kappa shape index (κ2) is 7.90. The van der Waals surface area contributed by atoms with Crippen molar-refractivity contribution in [3.8, 4) is 6.07 Å². The fraction of sp³-hybridized carbons (Fsp3) is 0.125. The molecule has 0 fully saturated rings. The van der Waals surface area contributed by atoms with Crippen molar-refractivity contribution in [1.29, 1.82) is 5.26 Å². The van der Waals surface area contributed by atoms with E-state index in [1.807, 2.05) is 24.4 Å². The first-order chi connectivity index (χ1) is 11.0. The number of nitrogens with one attached hydrogen (secondary N) is 1. The molecule has 1 N–H and O–H groups in total. The highest BCUT2D eigenvalue weighted by molar-refractivity contribution is 7.99. The van der Waals surface area contributed by atoms with E-state index in [-0.39, 0.29) is 5.57 Å². The van der Waals surface area contributed by atoms with Crippen LogP contribution in [0.2, 0.25) is 0 Å². The number of rotatable bonds is 5. The van der Waals surface area contributed by atoms with Crippen molar-refractivity contribution >= 4 is 40.8 Å². The van der Waals surface area contributed by atoms with Crippen LogP contribution in [-0.2, 0) is 4.79 Å². The molecule has 0 radical (unpaired) electrons. The lowest BCUT2D eigenvalue weighted by Gasteiger charge is -2.05. The fourth-order valence-corrected chi connectivity index (χ4v) is 3.09. The van der Waals surface area contributed by atoms with E-state index in [2.05, 4.69) is 5.32 Å². The van der Waals surface area contributed by atoms with Gasteiger partial charge in [-0.15, -0.1) is 11.3 Å². The van der Waals surface area contributed by atoms with Gasteiger partial charge in [-0.05, 0) is 54.3 Å². The number of thiophene rings is 1. The number of amides is 1. The summed E-state index contributed by atoms with van der Waals surface area (Å²) in [4.78, 5) is 13.4. The molecule has 0 atom stereocenters. The minimum absolute atomic E-state index is 0.0124. The van der Waals surface area contributed by atoms with Gasteiger partial charge < -0.3 is 5.32 Å². The van der Waals surface area contributed by atoms with Crippen molar-refractivity contribution in [1.82, 2.24) is 0 Å². The van der Waals surface area contributed by atoms with E-state index in [0.717, 1.165) is 10.4 Å². The van der Waals surface area contributed by atoms with Crippen molar-refractivity contribution < 1.29 is 13.6 Å². The number of hydrogen-bond donors (Lipinski definition) is 1. The Morgan fingerprint density at radius 3 is 2.57 bits per heavy atom. The monoisotopic (exact) mass is 350 g/mol. The first-order valence-electron chi connectivity index (χ1n) is 6.51. The van der Waals surface area contributed by atoms with Crippen molar-refractivity contribution in [3.05, 3.63) is 51.7 Å². The van der Waals surface area contributed by atoms with Gasteiger partial charge in [-0.3, -0.25) is 4.79 Å². The van der Waals surface area contributed by atoms with Crippen LogP contribution in [0.1, 0.15) is 10.4 Å². The average molecular weight is 350 g/mol. The van der Waals surface area contributed by atoms with Crippen LogP contribution in [0.25, 0.3) is 6.08 Å². The summed E-state index contributed by atoms with van der Waals surface area (Å²) in [6.45, 7) is 1.90. The molecule has 2 rings (SSSR count). The first kappa shape index (κ1) is 17.2. The van der Waals surface area contributed by atoms with Crippen LogP contribution in [0.4, 0.5) is 14.5 Å². The average Bonchev–Trinajstić information content (AvgIpc) is 2.91. The molecule has 0 aliphatic heterocycles. The highest BCUT2D eigenvalue weighted by Gasteiger charge is 2.11. The zero-order chi connectivity index (χ0) is 16.8. The van der Waals surface area contributed by atoms with Crippen molar-refractivity contribution in [2.45, 2.75) is 17.6 Å². The topological polar surface area (TPSA) is 52.9 Å². The third-order valence-corrected chi connectivity index (χ3v) is 4.57. The van der Waals surface area contributed by atoms with Gasteiger partial charge in [0.25, 0.3) is 11.7 Å². The Morgan fingerprint density at radius 2 is 2.04 bits per heavy atom. The second-order valence-electron chi connectivity index (χ2n) is 4.49. The van der Waals surface area contributed by atoms with Gasteiger partial charge in [-0.1, -0.05) is 11.8 Å². The highest BCUT2D eigenvalue weighted by Crippen LogP contribution is 2.26. The molecule has 118 valence electrons. The number of hydrogen-bond acceptors (Lipinski definition) is 4. The van der Waals surface area contributed by atoms with Gasteiger partial charge in [0.15, 0.2) is 0 Å². The molecule has 0 spiro atoms. The lowest BCUT2D eigenvalue weighted by atomic mass is 10.2. The Hall–Kier alpha value is -2.17. The second-order valence-corrected chi connectivity index (χ2v) is 6.51. The van der Waals surface area contributed by atoms with E-state index in [9.17, 15) is 13.6 Å². The van der Waals surface area contributed by atoms with E-state index in [0.29, 0.717) is 22.3 Å². The van der Waals surface area contributed by atoms with Crippen LogP contribution in [0.5, 0.6) is 0 Å². The van der Waals surface area contributed by atoms with Crippen molar-refractivity contribution in [2.24, 2.45) is 0 Å². The molecule has 3 nitrogen and oxygen atoms in total. The predicted octanol–water partition coefficient (Wildman–Crippen LogP) is 4.92. The van der Waals surface area contributed by atoms with Gasteiger partial charge in [0.1, 0.15) is 11.6 Å². The van der Waals surface area contributed by atoms with Crippen molar-refractivity contribution in [3.63, 3.8) is 0 Å². The quantitative estimate of drug-likeness (QED) is 0.473. The lowest BCUT2D eigenvalue weighted by Crippen LogP contribution is -2.13. The lowest BCUT2D eigenvalue weighted by molar-refractivity contribution is -0.112. The maximum Gasteiger partial charge on any atom is 0.288 e. The summed E-state index contributed by atoms with van der Waals surface area (Å²) < 4.78 is 24.5. The van der Waals surface area contributed by atoms with Gasteiger partial charge in [-0.25, -0.2) is 0 Å². The summed E-state index contributed by atoms with van der Waals surface area (Å²) in [6.07, 6.45) is 1.54. The number of alkyl halides is 2. The number of benzene rings is 1. The van der Waals surface area contributed by atoms with Gasteiger partial charge in [-0.2, -0.15) is 14.0 Å². The third-order valence-electron chi connectivity index (χ3n) is 2.88. The molecule has 23 heavy (non-hydrogen) atoms. The third kappa shape index (κ3) is 4.91. The van der Waals surface area contributed by atoms with Crippen LogP contribution in [-0.4, -0.2) is 11.7 Å². The zero-order valence-electron chi connectivity index (χ0n) is 12.0. The number of aryl methyl sites for hydroxylation is 1. The van der Waals surface area contributed by atoms with Gasteiger partial charge in [0.2, 0.25) is 0 Å². The van der Waals surface area contributed by atoms with E-state index < -0.39 is 11.7 Å². The zero-order valence-corrected chi connectivity index (χ0v) is 13.7. The molecular formula is C16H12F2N2OS2. The van der Waals surface area contributed by atoms with E-state index in [4.69, 9.17) is 5.26 Å². The molecule has 1 heterocycles. The molecule has 0 saturated heterocycles. The summed E-state index contributed by atoms with van der Waals surface area (Å²) in [7, 11) is 0. The van der Waals surface area contributed by atoms with E-state index >= 15 is 0 Å². The van der Waals surface area contributed by atoms with Crippen LogP contribution in [0.15, 0.2) is 46.2 Å². The molecule has 1 aromatic heterocycles. The van der Waals surface area contributed by atoms with E-state index in [1.165, 1.54) is 41.7 Å². The number of nitriles is 1. The molecule has 7 heteroatoms. The number of anilines is 1. The molecule has 0 unspecified atom stereocenters. The molecule has 0 bridgehead atoms. The number of thioether (sulfide) groups is 1. The van der Waals surface area contributed by atoms with Crippen LogP contribution in [0.3, 0.4) is 0 Å². The van der Waals surface area contributed by atoms with Gasteiger partial charge >= 0.3 is 0 Å². The SMILES string of the molecule is Cc1ccsc1/C=C(\C#N)C(=O)Nc1ccc(SC(F)F)cc1. The Bertz CT molecular complexity index is 761. The largest absolute Gasteiger partial charge is 0.321 e. The highest BCUT2D eigenvalue weighted by atomic mass is 32.2. The summed E-state index contributed by atoms with van der Waals surface area (Å²) in [6, 6.07) is 9.81. The summed E-state index contributed by atoms with van der Waals surface area (Å²) in [5.41, 5.74) is 1.42. The number of nitrogens with zero attached hydrogens (tertiary/aromatic N) is 1. The van der Waals surface area contributed by atoms with Gasteiger partial charge in [0.05, 0.1) is 0 Å². The maximum absolute atomic E-state index is 12.2. The van der Waals surface area contributed by atoms with Crippen LogP contribution < -0.4 is 5.32 Å². The van der Waals surface area contributed by atoms with Crippen LogP contribution >= 0.6 is 23.1 Å². The molecule has 2 aromatic rings. The van der Waals surface area contributed by atoms with Crippen molar-refractivity contribution in [2.75, 3.05) is 5.32 Å². The fourth-order valence-electron chi connectivity index (χ4n) is 1.73. The Balaban J connectivity index is 2.10. The molecule has 1 aromatic carbocycles. The minimum atomic E-state index is -2.49. The number of halogens is 2. The Morgan fingerprint density at radius 1 is 1.35 bits per heavy atom. The van der Waals surface area contributed by atoms with E-state index in [1.54, 1.807) is 0 Å². The number of carbonyl (C=O) groups is 1. The summed E-state index contributed by atoms with van der Waals surface area (Å²) >= 11 is 1.88.